The molecule has 0 saturated heterocycles. The average molecular weight is 188 g/mol. The van der Waals surface area contributed by atoms with E-state index in [1.54, 1.807) is 0 Å². The molecule has 1 atom stereocenters. The third-order valence-corrected chi connectivity index (χ3v) is 3.00. The van der Waals surface area contributed by atoms with E-state index in [1.807, 2.05) is 0 Å². The smallest absolute Gasteiger partial charge is 0.0184 e. The molecule has 0 heteroatoms. The van der Waals surface area contributed by atoms with E-state index < -0.39 is 0 Å². The van der Waals surface area contributed by atoms with Crippen LogP contribution in [0.3, 0.4) is 0 Å². The van der Waals surface area contributed by atoms with E-state index in [0.717, 1.165) is 11.6 Å². The standard InChI is InChI=1S/C14H20/c1-6-10(3)14-12(5)9-8-11(4)13(14)7-2/h8-10H,4-7H2,1-3H3. The second-order valence-corrected chi connectivity index (χ2v) is 3.94. The molecule has 0 saturated carbocycles. The fourth-order valence-electron chi connectivity index (χ4n) is 1.99. The Bertz CT molecular complexity index is 401. The van der Waals surface area contributed by atoms with Crippen LogP contribution in [0.1, 0.15) is 44.2 Å². The molecule has 76 valence electrons. The van der Waals surface area contributed by atoms with Crippen LogP contribution in [0.5, 0.6) is 0 Å². The molecule has 0 heterocycles. The third kappa shape index (κ3) is 1.89. The van der Waals surface area contributed by atoms with E-state index in [0.29, 0.717) is 5.92 Å². The molecule has 1 aromatic rings. The summed E-state index contributed by atoms with van der Waals surface area (Å²) in [6.07, 6.45) is 2.22. The molecule has 14 heavy (non-hydrogen) atoms. The summed E-state index contributed by atoms with van der Waals surface area (Å²) in [4.78, 5) is 0. The zero-order valence-electron chi connectivity index (χ0n) is 9.56. The molecular formula is C14H20. The number of rotatable bonds is 3. The van der Waals surface area contributed by atoms with Gasteiger partial charge in [0.25, 0.3) is 0 Å². The van der Waals surface area contributed by atoms with Crippen LogP contribution in [0.4, 0.5) is 0 Å². The quantitative estimate of drug-likeness (QED) is 0.684. The first-order chi connectivity index (χ1) is 6.61. The summed E-state index contributed by atoms with van der Waals surface area (Å²) in [6.45, 7) is 14.9. The highest BCUT2D eigenvalue weighted by Gasteiger charge is 2.09. The molecule has 0 spiro atoms. The van der Waals surface area contributed by atoms with Gasteiger partial charge in [-0.3, -0.25) is 0 Å². The van der Waals surface area contributed by atoms with E-state index in [4.69, 9.17) is 0 Å². The molecule has 0 aliphatic carbocycles. The molecule has 0 radical (unpaired) electrons. The lowest BCUT2D eigenvalue weighted by atomic mass is 9.90. The topological polar surface area (TPSA) is 0 Å². The summed E-state index contributed by atoms with van der Waals surface area (Å²) in [7, 11) is 0. The number of hydrogen-bond acceptors (Lipinski definition) is 0. The van der Waals surface area contributed by atoms with Crippen LogP contribution in [0.15, 0.2) is 12.1 Å². The molecule has 0 aromatic heterocycles. The largest absolute Gasteiger partial charge is 0.0915 e. The molecule has 0 N–H and O–H groups in total. The van der Waals surface area contributed by atoms with Crippen molar-refractivity contribution in [1.29, 1.82) is 0 Å². The Morgan fingerprint density at radius 1 is 1.14 bits per heavy atom. The summed E-state index contributed by atoms with van der Waals surface area (Å²) in [5, 5.41) is 2.33. The summed E-state index contributed by atoms with van der Waals surface area (Å²) in [5.41, 5.74) is 2.81. The predicted molar refractivity (Wildman–Crippen MR) is 64.8 cm³/mol. The van der Waals surface area contributed by atoms with E-state index in [2.05, 4.69) is 46.1 Å². The minimum absolute atomic E-state index is 0.596. The van der Waals surface area contributed by atoms with E-state index >= 15 is 0 Å². The van der Waals surface area contributed by atoms with Crippen molar-refractivity contribution in [3.63, 3.8) is 0 Å². The highest BCUT2D eigenvalue weighted by molar-refractivity contribution is 5.35. The zero-order chi connectivity index (χ0) is 10.7. The first-order valence-electron chi connectivity index (χ1n) is 5.41. The van der Waals surface area contributed by atoms with Gasteiger partial charge in [-0.2, -0.15) is 0 Å². The van der Waals surface area contributed by atoms with Crippen molar-refractivity contribution in [1.82, 2.24) is 0 Å². The monoisotopic (exact) mass is 188 g/mol. The van der Waals surface area contributed by atoms with Crippen molar-refractivity contribution in [3.8, 4) is 0 Å². The maximum absolute atomic E-state index is 4.11. The van der Waals surface area contributed by atoms with Gasteiger partial charge in [0, 0.05) is 0 Å². The Kier molecular flexibility index (Phi) is 3.51. The summed E-state index contributed by atoms with van der Waals surface area (Å²) < 4.78 is 0. The van der Waals surface area contributed by atoms with E-state index in [1.165, 1.54) is 22.8 Å². The fraction of sp³-hybridized carbons (Fsp3) is 0.429. The van der Waals surface area contributed by atoms with Gasteiger partial charge in [0.15, 0.2) is 0 Å². The van der Waals surface area contributed by atoms with Crippen LogP contribution >= 0.6 is 0 Å². The summed E-state index contributed by atoms with van der Waals surface area (Å²) >= 11 is 0. The molecule has 0 fully saturated rings. The van der Waals surface area contributed by atoms with Gasteiger partial charge in [0.2, 0.25) is 0 Å². The van der Waals surface area contributed by atoms with Gasteiger partial charge in [0.05, 0.1) is 0 Å². The number of hydrogen-bond donors (Lipinski definition) is 0. The summed E-state index contributed by atoms with van der Waals surface area (Å²) in [5.74, 6) is 0.596. The molecule has 0 aliphatic heterocycles. The first-order valence-corrected chi connectivity index (χ1v) is 5.41. The van der Waals surface area contributed by atoms with E-state index in [-0.39, 0.29) is 0 Å². The highest BCUT2D eigenvalue weighted by Crippen LogP contribution is 2.17. The Morgan fingerprint density at radius 2 is 1.71 bits per heavy atom. The average Bonchev–Trinajstić information content (AvgIpc) is 2.19. The molecule has 0 nitrogen and oxygen atoms in total. The van der Waals surface area contributed by atoms with Gasteiger partial charge in [0.1, 0.15) is 0 Å². The first kappa shape index (κ1) is 11.0. The Balaban J connectivity index is 3.45. The predicted octanol–water partition coefficient (Wildman–Crippen LogP) is 2.58. The van der Waals surface area contributed by atoms with Crippen molar-refractivity contribution >= 4 is 13.2 Å². The van der Waals surface area contributed by atoms with Crippen LogP contribution < -0.4 is 10.4 Å². The van der Waals surface area contributed by atoms with Crippen LogP contribution in [0.25, 0.3) is 13.2 Å². The molecule has 0 amide bonds. The third-order valence-electron chi connectivity index (χ3n) is 3.00. The van der Waals surface area contributed by atoms with Crippen LogP contribution in [-0.4, -0.2) is 0 Å². The maximum Gasteiger partial charge on any atom is -0.0184 e. The van der Waals surface area contributed by atoms with Gasteiger partial charge < -0.3 is 0 Å². The Hall–Kier alpha value is -1.04. The lowest BCUT2D eigenvalue weighted by molar-refractivity contribution is 0.717. The zero-order valence-corrected chi connectivity index (χ0v) is 9.56. The van der Waals surface area contributed by atoms with Crippen molar-refractivity contribution in [2.45, 2.75) is 39.5 Å². The van der Waals surface area contributed by atoms with Gasteiger partial charge in [-0.15, -0.1) is 0 Å². The Morgan fingerprint density at radius 3 is 2.21 bits per heavy atom. The summed E-state index contributed by atoms with van der Waals surface area (Å²) in [6, 6.07) is 4.16. The fourth-order valence-corrected chi connectivity index (χ4v) is 1.99. The molecule has 1 unspecified atom stereocenters. The van der Waals surface area contributed by atoms with Gasteiger partial charge in [-0.1, -0.05) is 46.1 Å². The maximum atomic E-state index is 4.11. The van der Waals surface area contributed by atoms with E-state index in [9.17, 15) is 0 Å². The SMILES string of the molecule is C=c1ccc(=C)c(C(C)CC)c1CC. The molecule has 0 bridgehead atoms. The molecule has 0 aliphatic rings. The van der Waals surface area contributed by atoms with Crippen LogP contribution in [0.2, 0.25) is 0 Å². The molecule has 1 aromatic carbocycles. The van der Waals surface area contributed by atoms with Gasteiger partial charge >= 0.3 is 0 Å². The van der Waals surface area contributed by atoms with Crippen molar-refractivity contribution in [2.24, 2.45) is 0 Å². The second kappa shape index (κ2) is 4.45. The van der Waals surface area contributed by atoms with Crippen molar-refractivity contribution in [3.05, 3.63) is 33.7 Å². The lowest BCUT2D eigenvalue weighted by Crippen LogP contribution is -2.21. The normalized spacial score (nSPS) is 12.8. The highest BCUT2D eigenvalue weighted by atomic mass is 14.1. The van der Waals surface area contributed by atoms with Gasteiger partial charge in [-0.05, 0) is 40.3 Å². The van der Waals surface area contributed by atoms with Crippen molar-refractivity contribution < 1.29 is 0 Å². The van der Waals surface area contributed by atoms with Crippen LogP contribution in [-0.2, 0) is 6.42 Å². The van der Waals surface area contributed by atoms with Gasteiger partial charge in [-0.25, -0.2) is 0 Å². The minimum atomic E-state index is 0.596. The second-order valence-electron chi connectivity index (χ2n) is 3.94. The molecular weight excluding hydrogens is 168 g/mol. The minimum Gasteiger partial charge on any atom is -0.0915 e. The Labute approximate surface area is 87.0 Å². The molecule has 1 rings (SSSR count). The van der Waals surface area contributed by atoms with Crippen molar-refractivity contribution in [2.75, 3.05) is 0 Å². The number of benzene rings is 1. The van der Waals surface area contributed by atoms with Crippen LogP contribution in [0, 0.1) is 0 Å². The lowest BCUT2D eigenvalue weighted by Gasteiger charge is -2.15.